The SMILES string of the molecule is COC(=O)C1(Sc2ccc(C)cc2)CCNC1. The first kappa shape index (κ1) is 12.5. The molecule has 0 spiro atoms. The van der Waals surface area contributed by atoms with Crippen LogP contribution < -0.4 is 5.32 Å². The molecule has 0 saturated carbocycles. The van der Waals surface area contributed by atoms with Crippen molar-refractivity contribution < 1.29 is 9.53 Å². The summed E-state index contributed by atoms with van der Waals surface area (Å²) < 4.78 is 4.48. The summed E-state index contributed by atoms with van der Waals surface area (Å²) in [6.07, 6.45) is 0.818. The lowest BCUT2D eigenvalue weighted by molar-refractivity contribution is -0.142. The summed E-state index contributed by atoms with van der Waals surface area (Å²) >= 11 is 1.60. The lowest BCUT2D eigenvalue weighted by Gasteiger charge is -2.24. The van der Waals surface area contributed by atoms with Gasteiger partial charge in [0.15, 0.2) is 0 Å². The van der Waals surface area contributed by atoms with Crippen LogP contribution in [0.25, 0.3) is 0 Å². The lowest BCUT2D eigenvalue weighted by atomic mass is 10.1. The molecule has 0 amide bonds. The number of ether oxygens (including phenoxy) is 1. The minimum atomic E-state index is -0.454. The van der Waals surface area contributed by atoms with Gasteiger partial charge in [-0.25, -0.2) is 0 Å². The van der Waals surface area contributed by atoms with E-state index in [1.807, 2.05) is 0 Å². The Morgan fingerprint density at radius 2 is 2.12 bits per heavy atom. The summed E-state index contributed by atoms with van der Waals surface area (Å²) in [5, 5.41) is 3.24. The minimum Gasteiger partial charge on any atom is -0.468 e. The highest BCUT2D eigenvalue weighted by molar-refractivity contribution is 8.01. The minimum absolute atomic E-state index is 0.131. The molecule has 1 heterocycles. The first-order valence-electron chi connectivity index (χ1n) is 5.71. The molecule has 0 aliphatic carbocycles. The number of aryl methyl sites for hydroxylation is 1. The predicted octanol–water partition coefficient (Wildman–Crippen LogP) is 1.99. The van der Waals surface area contributed by atoms with Gasteiger partial charge in [0.1, 0.15) is 4.75 Å². The third kappa shape index (κ3) is 2.64. The third-order valence-corrected chi connectivity index (χ3v) is 4.42. The number of esters is 1. The van der Waals surface area contributed by atoms with Gasteiger partial charge in [-0.05, 0) is 32.0 Å². The number of rotatable bonds is 3. The van der Waals surface area contributed by atoms with Crippen LogP contribution in [0.4, 0.5) is 0 Å². The molecule has 0 aromatic heterocycles. The smallest absolute Gasteiger partial charge is 0.323 e. The van der Waals surface area contributed by atoms with Crippen LogP contribution in [0.2, 0.25) is 0 Å². The molecule has 1 aromatic rings. The summed E-state index contributed by atoms with van der Waals surface area (Å²) in [5.74, 6) is -0.131. The maximum atomic E-state index is 11.9. The maximum absolute atomic E-state index is 11.9. The van der Waals surface area contributed by atoms with Crippen LogP contribution in [0.3, 0.4) is 0 Å². The van der Waals surface area contributed by atoms with Crippen LogP contribution >= 0.6 is 11.8 Å². The molecule has 0 bridgehead atoms. The average Bonchev–Trinajstić information content (AvgIpc) is 2.81. The van der Waals surface area contributed by atoms with E-state index in [1.54, 1.807) is 11.8 Å². The largest absolute Gasteiger partial charge is 0.468 e. The fraction of sp³-hybridized carbons (Fsp3) is 0.462. The molecular formula is C13H17NO2S. The van der Waals surface area contributed by atoms with Crippen molar-refractivity contribution in [2.45, 2.75) is 23.0 Å². The molecule has 2 rings (SSSR count). The molecule has 1 aliphatic rings. The molecule has 1 atom stereocenters. The first-order valence-corrected chi connectivity index (χ1v) is 6.53. The van der Waals surface area contributed by atoms with E-state index in [0.29, 0.717) is 6.54 Å². The number of nitrogens with one attached hydrogen (secondary N) is 1. The second kappa shape index (κ2) is 5.10. The van der Waals surface area contributed by atoms with E-state index in [2.05, 4.69) is 36.5 Å². The average molecular weight is 251 g/mol. The van der Waals surface area contributed by atoms with E-state index in [-0.39, 0.29) is 5.97 Å². The topological polar surface area (TPSA) is 38.3 Å². The van der Waals surface area contributed by atoms with Gasteiger partial charge >= 0.3 is 5.97 Å². The molecule has 3 nitrogen and oxygen atoms in total. The molecule has 4 heteroatoms. The molecule has 92 valence electrons. The number of hydrogen-bond acceptors (Lipinski definition) is 4. The zero-order valence-electron chi connectivity index (χ0n) is 10.2. The Hall–Kier alpha value is -1.00. The van der Waals surface area contributed by atoms with E-state index in [9.17, 15) is 4.79 Å². The van der Waals surface area contributed by atoms with Crippen molar-refractivity contribution in [3.63, 3.8) is 0 Å². The molecule has 0 radical (unpaired) electrons. The predicted molar refractivity (Wildman–Crippen MR) is 69.3 cm³/mol. The Balaban J connectivity index is 2.18. The Morgan fingerprint density at radius 3 is 2.65 bits per heavy atom. The van der Waals surface area contributed by atoms with Gasteiger partial charge in [-0.1, -0.05) is 17.7 Å². The van der Waals surface area contributed by atoms with Gasteiger partial charge in [0.2, 0.25) is 0 Å². The Bertz CT molecular complexity index is 396. The van der Waals surface area contributed by atoms with E-state index in [1.165, 1.54) is 12.7 Å². The fourth-order valence-corrected chi connectivity index (χ4v) is 3.26. The van der Waals surface area contributed by atoms with Crippen molar-refractivity contribution in [2.24, 2.45) is 0 Å². The monoisotopic (exact) mass is 251 g/mol. The fourth-order valence-electron chi connectivity index (χ4n) is 1.99. The van der Waals surface area contributed by atoms with Crippen molar-refractivity contribution in [3.05, 3.63) is 29.8 Å². The van der Waals surface area contributed by atoms with Crippen molar-refractivity contribution in [3.8, 4) is 0 Å². The van der Waals surface area contributed by atoms with Crippen LogP contribution in [0.1, 0.15) is 12.0 Å². The van der Waals surface area contributed by atoms with E-state index in [4.69, 9.17) is 4.74 Å². The number of carbonyl (C=O) groups excluding carboxylic acids is 1. The summed E-state index contributed by atoms with van der Waals surface area (Å²) in [6, 6.07) is 8.25. The highest BCUT2D eigenvalue weighted by Gasteiger charge is 2.43. The van der Waals surface area contributed by atoms with E-state index in [0.717, 1.165) is 17.9 Å². The van der Waals surface area contributed by atoms with Crippen LogP contribution in [0.15, 0.2) is 29.2 Å². The van der Waals surface area contributed by atoms with Crippen molar-refractivity contribution in [1.82, 2.24) is 5.32 Å². The molecule has 1 N–H and O–H groups in total. The molecule has 17 heavy (non-hydrogen) atoms. The summed E-state index contributed by atoms with van der Waals surface area (Å²) in [6.45, 7) is 3.60. The molecular weight excluding hydrogens is 234 g/mol. The highest BCUT2D eigenvalue weighted by Crippen LogP contribution is 2.38. The lowest BCUT2D eigenvalue weighted by Crippen LogP contribution is -2.38. The Kier molecular flexibility index (Phi) is 3.74. The number of methoxy groups -OCH3 is 1. The van der Waals surface area contributed by atoms with Gasteiger partial charge < -0.3 is 10.1 Å². The number of benzene rings is 1. The third-order valence-electron chi connectivity index (χ3n) is 3.01. The quantitative estimate of drug-likeness (QED) is 0.834. The molecule has 1 fully saturated rings. The second-order valence-corrected chi connectivity index (χ2v) is 5.78. The normalized spacial score (nSPS) is 23.6. The van der Waals surface area contributed by atoms with Gasteiger partial charge in [-0.3, -0.25) is 4.79 Å². The first-order chi connectivity index (χ1) is 8.16. The molecule has 1 aliphatic heterocycles. The van der Waals surface area contributed by atoms with Gasteiger partial charge in [0.05, 0.1) is 7.11 Å². The van der Waals surface area contributed by atoms with Crippen LogP contribution in [-0.4, -0.2) is 30.9 Å². The van der Waals surface area contributed by atoms with Crippen LogP contribution in [0.5, 0.6) is 0 Å². The van der Waals surface area contributed by atoms with E-state index >= 15 is 0 Å². The molecule has 1 unspecified atom stereocenters. The van der Waals surface area contributed by atoms with Gasteiger partial charge in [-0.2, -0.15) is 0 Å². The van der Waals surface area contributed by atoms with E-state index < -0.39 is 4.75 Å². The summed E-state index contributed by atoms with van der Waals surface area (Å²) in [4.78, 5) is 13.0. The molecule has 1 aromatic carbocycles. The standard InChI is InChI=1S/C13H17NO2S/c1-10-3-5-11(6-4-10)17-13(12(15)16-2)7-8-14-9-13/h3-6,14H,7-9H2,1-2H3. The number of thioether (sulfide) groups is 1. The van der Waals surface area contributed by atoms with Crippen molar-refractivity contribution in [2.75, 3.05) is 20.2 Å². The maximum Gasteiger partial charge on any atom is 0.323 e. The van der Waals surface area contributed by atoms with Crippen molar-refractivity contribution in [1.29, 1.82) is 0 Å². The summed E-state index contributed by atoms with van der Waals surface area (Å²) in [5.41, 5.74) is 1.23. The van der Waals surface area contributed by atoms with Gasteiger partial charge in [0.25, 0.3) is 0 Å². The van der Waals surface area contributed by atoms with Crippen molar-refractivity contribution >= 4 is 17.7 Å². The highest BCUT2D eigenvalue weighted by atomic mass is 32.2. The Labute approximate surface area is 106 Å². The number of hydrogen-bond donors (Lipinski definition) is 1. The Morgan fingerprint density at radius 1 is 1.41 bits per heavy atom. The van der Waals surface area contributed by atoms with Gasteiger partial charge in [0, 0.05) is 11.4 Å². The zero-order valence-corrected chi connectivity index (χ0v) is 11.0. The molecule has 1 saturated heterocycles. The van der Waals surface area contributed by atoms with Gasteiger partial charge in [-0.15, -0.1) is 11.8 Å². The zero-order chi connectivity index (χ0) is 12.3. The summed E-state index contributed by atoms with van der Waals surface area (Å²) in [7, 11) is 1.46. The van der Waals surface area contributed by atoms with Crippen LogP contribution in [-0.2, 0) is 9.53 Å². The second-order valence-electron chi connectivity index (χ2n) is 4.33. The number of carbonyl (C=O) groups is 1. The van der Waals surface area contributed by atoms with Crippen LogP contribution in [0, 0.1) is 6.92 Å².